The van der Waals surface area contributed by atoms with Crippen molar-refractivity contribution in [1.29, 1.82) is 0 Å². The van der Waals surface area contributed by atoms with Crippen LogP contribution in [-0.2, 0) is 0 Å². The molecule has 20 heavy (non-hydrogen) atoms. The maximum absolute atomic E-state index is 12.1. The predicted molar refractivity (Wildman–Crippen MR) is 77.3 cm³/mol. The van der Waals surface area contributed by atoms with E-state index in [0.717, 1.165) is 16.5 Å². The fourth-order valence-corrected chi connectivity index (χ4v) is 2.13. The van der Waals surface area contributed by atoms with Crippen LogP contribution in [0.2, 0.25) is 0 Å². The SMILES string of the molecule is Cc1cc2ccccc2c[n+]1/N=C(\[O-])c1ccccc1. The van der Waals surface area contributed by atoms with Gasteiger partial charge in [-0.05, 0) is 22.1 Å². The Morgan fingerprint density at radius 2 is 1.60 bits per heavy atom. The Balaban J connectivity index is 2.08. The molecule has 3 heteroatoms. The molecular formula is C17H14N2O. The first-order chi connectivity index (χ1) is 9.74. The fraction of sp³-hybridized carbons (Fsp3) is 0.0588. The standard InChI is InChI=1S/C17H14N2O/c1-13-11-15-9-5-6-10-16(15)12-19(13)18-17(20)14-7-3-2-4-8-14/h2-12H,1H3. The summed E-state index contributed by atoms with van der Waals surface area (Å²) in [5.41, 5.74) is 1.51. The number of nitrogens with zero attached hydrogens (tertiary/aromatic N) is 2. The molecule has 0 amide bonds. The number of aromatic nitrogens is 1. The topological polar surface area (TPSA) is 39.3 Å². The minimum absolute atomic E-state index is 0.242. The van der Waals surface area contributed by atoms with Gasteiger partial charge in [0.1, 0.15) is 0 Å². The molecule has 3 aromatic rings. The van der Waals surface area contributed by atoms with Crippen molar-refractivity contribution in [1.82, 2.24) is 0 Å². The maximum atomic E-state index is 12.1. The summed E-state index contributed by atoms with van der Waals surface area (Å²) in [6, 6.07) is 19.1. The quantitative estimate of drug-likeness (QED) is 0.395. The van der Waals surface area contributed by atoms with Crippen molar-refractivity contribution >= 4 is 16.7 Å². The summed E-state index contributed by atoms with van der Waals surface area (Å²) in [4.78, 5) is 0. The van der Waals surface area contributed by atoms with Gasteiger partial charge in [0.25, 0.3) is 0 Å². The van der Waals surface area contributed by atoms with Crippen molar-refractivity contribution in [2.75, 3.05) is 0 Å². The van der Waals surface area contributed by atoms with Gasteiger partial charge in [0, 0.05) is 18.4 Å². The minimum atomic E-state index is -0.242. The lowest BCUT2D eigenvalue weighted by atomic mass is 10.1. The summed E-state index contributed by atoms with van der Waals surface area (Å²) in [5, 5.41) is 18.5. The monoisotopic (exact) mass is 262 g/mol. The Kier molecular flexibility index (Phi) is 3.17. The van der Waals surface area contributed by atoms with Crippen LogP contribution in [0, 0.1) is 6.92 Å². The van der Waals surface area contributed by atoms with Crippen LogP contribution in [0.15, 0.2) is 72.0 Å². The summed E-state index contributed by atoms with van der Waals surface area (Å²) in [5.74, 6) is -0.242. The van der Waals surface area contributed by atoms with Crippen LogP contribution in [0.4, 0.5) is 0 Å². The number of rotatable bonds is 2. The van der Waals surface area contributed by atoms with E-state index in [1.54, 1.807) is 16.8 Å². The molecule has 0 aliphatic heterocycles. The van der Waals surface area contributed by atoms with E-state index in [0.29, 0.717) is 5.56 Å². The van der Waals surface area contributed by atoms with E-state index in [9.17, 15) is 5.11 Å². The molecule has 3 rings (SSSR count). The summed E-state index contributed by atoms with van der Waals surface area (Å²) in [6.45, 7) is 1.94. The average Bonchev–Trinajstić information content (AvgIpc) is 2.49. The molecule has 0 aliphatic rings. The highest BCUT2D eigenvalue weighted by atomic mass is 16.3. The molecule has 0 bridgehead atoms. The van der Waals surface area contributed by atoms with Gasteiger partial charge < -0.3 is 5.11 Å². The Hall–Kier alpha value is -2.68. The molecule has 2 aromatic carbocycles. The van der Waals surface area contributed by atoms with Gasteiger partial charge >= 0.3 is 0 Å². The van der Waals surface area contributed by atoms with Crippen LogP contribution in [0.3, 0.4) is 0 Å². The Morgan fingerprint density at radius 1 is 0.950 bits per heavy atom. The molecule has 0 N–H and O–H groups in total. The third-order valence-electron chi connectivity index (χ3n) is 3.20. The largest absolute Gasteiger partial charge is 0.854 e. The van der Waals surface area contributed by atoms with E-state index >= 15 is 0 Å². The van der Waals surface area contributed by atoms with Crippen molar-refractivity contribution < 1.29 is 9.78 Å². The van der Waals surface area contributed by atoms with Crippen molar-refractivity contribution in [3.8, 4) is 0 Å². The zero-order chi connectivity index (χ0) is 13.9. The maximum Gasteiger partial charge on any atom is 0.212 e. The second kappa shape index (κ2) is 5.13. The number of hydrogen-bond acceptors (Lipinski definition) is 2. The second-order valence-corrected chi connectivity index (χ2v) is 4.66. The molecule has 0 saturated heterocycles. The van der Waals surface area contributed by atoms with Crippen molar-refractivity contribution in [2.45, 2.75) is 6.92 Å². The lowest BCUT2D eigenvalue weighted by Gasteiger charge is -2.07. The molecule has 0 spiro atoms. The highest BCUT2D eigenvalue weighted by Crippen LogP contribution is 2.11. The highest BCUT2D eigenvalue weighted by Gasteiger charge is 2.08. The molecule has 0 radical (unpaired) electrons. The van der Waals surface area contributed by atoms with Crippen LogP contribution < -0.4 is 9.78 Å². The Morgan fingerprint density at radius 3 is 2.35 bits per heavy atom. The van der Waals surface area contributed by atoms with E-state index in [2.05, 4.69) is 5.10 Å². The number of pyridine rings is 1. The van der Waals surface area contributed by atoms with Crippen LogP contribution in [-0.4, -0.2) is 5.90 Å². The van der Waals surface area contributed by atoms with Gasteiger partial charge in [-0.2, -0.15) is 0 Å². The Labute approximate surface area is 117 Å². The van der Waals surface area contributed by atoms with Crippen LogP contribution in [0.25, 0.3) is 10.8 Å². The summed E-state index contributed by atoms with van der Waals surface area (Å²) in [7, 11) is 0. The van der Waals surface area contributed by atoms with Crippen LogP contribution in [0.5, 0.6) is 0 Å². The molecule has 0 atom stereocenters. The number of aryl methyl sites for hydroxylation is 1. The van der Waals surface area contributed by atoms with E-state index in [4.69, 9.17) is 0 Å². The Bertz CT molecular complexity index is 779. The molecule has 0 aliphatic carbocycles. The van der Waals surface area contributed by atoms with Gasteiger partial charge in [-0.15, -0.1) is 0 Å². The first kappa shape index (κ1) is 12.4. The average molecular weight is 262 g/mol. The smallest absolute Gasteiger partial charge is 0.212 e. The summed E-state index contributed by atoms with van der Waals surface area (Å²) < 4.78 is 1.64. The fourth-order valence-electron chi connectivity index (χ4n) is 2.13. The minimum Gasteiger partial charge on any atom is -0.854 e. The third kappa shape index (κ3) is 2.38. The normalized spacial score (nSPS) is 11.8. The lowest BCUT2D eigenvalue weighted by molar-refractivity contribution is -0.686. The molecule has 3 nitrogen and oxygen atoms in total. The molecule has 98 valence electrons. The van der Waals surface area contributed by atoms with Crippen molar-refractivity contribution in [3.05, 3.63) is 78.1 Å². The molecule has 1 heterocycles. The molecule has 1 aromatic heterocycles. The van der Waals surface area contributed by atoms with Gasteiger partial charge in [0.2, 0.25) is 11.9 Å². The molecule has 0 unspecified atom stereocenters. The van der Waals surface area contributed by atoms with Crippen LogP contribution in [0.1, 0.15) is 11.3 Å². The van der Waals surface area contributed by atoms with E-state index in [1.165, 1.54) is 0 Å². The van der Waals surface area contributed by atoms with Gasteiger partial charge in [-0.25, -0.2) is 0 Å². The summed E-state index contributed by atoms with van der Waals surface area (Å²) >= 11 is 0. The van der Waals surface area contributed by atoms with Gasteiger partial charge in [0.15, 0.2) is 0 Å². The van der Waals surface area contributed by atoms with E-state index in [1.807, 2.05) is 61.7 Å². The number of fused-ring (bicyclic) bond motifs is 1. The zero-order valence-corrected chi connectivity index (χ0v) is 11.2. The summed E-state index contributed by atoms with van der Waals surface area (Å²) in [6.07, 6.45) is 1.88. The van der Waals surface area contributed by atoms with E-state index in [-0.39, 0.29) is 5.90 Å². The van der Waals surface area contributed by atoms with E-state index < -0.39 is 0 Å². The van der Waals surface area contributed by atoms with Crippen molar-refractivity contribution in [2.24, 2.45) is 5.10 Å². The molecule has 0 fully saturated rings. The number of benzene rings is 2. The first-order valence-corrected chi connectivity index (χ1v) is 6.46. The third-order valence-corrected chi connectivity index (χ3v) is 3.20. The highest BCUT2D eigenvalue weighted by molar-refractivity contribution is 5.90. The zero-order valence-electron chi connectivity index (χ0n) is 11.2. The van der Waals surface area contributed by atoms with Gasteiger partial charge in [-0.3, -0.25) is 0 Å². The van der Waals surface area contributed by atoms with Gasteiger partial charge in [0.05, 0.1) is 5.90 Å². The second-order valence-electron chi connectivity index (χ2n) is 4.66. The lowest BCUT2D eigenvalue weighted by Crippen LogP contribution is -2.36. The van der Waals surface area contributed by atoms with Crippen LogP contribution >= 0.6 is 0 Å². The molecular weight excluding hydrogens is 248 g/mol. The predicted octanol–water partition coefficient (Wildman–Crippen LogP) is 2.01. The number of hydrogen-bond donors (Lipinski definition) is 0. The molecule has 0 saturated carbocycles. The first-order valence-electron chi connectivity index (χ1n) is 6.46. The van der Waals surface area contributed by atoms with Crippen molar-refractivity contribution in [3.63, 3.8) is 0 Å². The van der Waals surface area contributed by atoms with Gasteiger partial charge in [-0.1, -0.05) is 53.2 Å².